The number of carbonyl (C=O) groups is 2. The molecule has 0 bridgehead atoms. The van der Waals surface area contributed by atoms with Crippen LogP contribution in [0.15, 0.2) is 41.7 Å². The summed E-state index contributed by atoms with van der Waals surface area (Å²) < 4.78 is 14.6. The van der Waals surface area contributed by atoms with Crippen LogP contribution in [0.3, 0.4) is 0 Å². The van der Waals surface area contributed by atoms with E-state index in [9.17, 15) is 14.0 Å². The number of hydrogen-bond acceptors (Lipinski definition) is 6. The Kier molecular flexibility index (Phi) is 6.43. The molecule has 0 radical (unpaired) electrons. The van der Waals surface area contributed by atoms with Gasteiger partial charge in [-0.2, -0.15) is 0 Å². The van der Waals surface area contributed by atoms with E-state index in [1.54, 1.807) is 6.92 Å². The summed E-state index contributed by atoms with van der Waals surface area (Å²) in [5, 5.41) is 2.68. The Labute approximate surface area is 180 Å². The number of hydrogen-bond donors (Lipinski definition) is 2. The molecule has 0 spiro atoms. The molecule has 2 amide bonds. The molecule has 0 aliphatic carbocycles. The van der Waals surface area contributed by atoms with Crippen LogP contribution in [-0.2, 0) is 10.3 Å². The third kappa shape index (κ3) is 4.93. The van der Waals surface area contributed by atoms with E-state index in [0.29, 0.717) is 11.4 Å². The van der Waals surface area contributed by atoms with E-state index in [1.165, 1.54) is 42.5 Å². The fourth-order valence-corrected chi connectivity index (χ4v) is 3.19. The molecule has 1 aromatic heterocycles. The summed E-state index contributed by atoms with van der Waals surface area (Å²) in [4.78, 5) is 38.7. The second kappa shape index (κ2) is 9.03. The number of benzene rings is 1. The van der Waals surface area contributed by atoms with Crippen molar-refractivity contribution in [2.75, 3.05) is 12.4 Å². The second-order valence-electron chi connectivity index (χ2n) is 7.54. The van der Waals surface area contributed by atoms with Gasteiger partial charge in [0.1, 0.15) is 11.5 Å². The van der Waals surface area contributed by atoms with Gasteiger partial charge in [-0.1, -0.05) is 19.4 Å². The van der Waals surface area contributed by atoms with Crippen molar-refractivity contribution in [3.63, 3.8) is 0 Å². The smallest absolute Gasteiger partial charge is 0.275 e. The average molecular weight is 424 g/mol. The van der Waals surface area contributed by atoms with E-state index < -0.39 is 17.3 Å². The fourth-order valence-electron chi connectivity index (χ4n) is 3.19. The molecule has 1 atom stereocenters. The average Bonchev–Trinajstić information content (AvgIpc) is 2.74. The minimum absolute atomic E-state index is 0.0101. The van der Waals surface area contributed by atoms with E-state index in [1.807, 2.05) is 12.2 Å². The molecule has 1 aliphatic rings. The lowest BCUT2D eigenvalue weighted by Crippen LogP contribution is -2.47. The van der Waals surface area contributed by atoms with Crippen molar-refractivity contribution in [3.05, 3.63) is 59.4 Å². The number of nitrogens with zero attached hydrogens (tertiary/aromatic N) is 4. The van der Waals surface area contributed by atoms with Crippen LogP contribution in [0.1, 0.15) is 54.9 Å². The molecule has 1 aliphatic heterocycles. The molecule has 1 aromatic carbocycles. The van der Waals surface area contributed by atoms with E-state index in [2.05, 4.69) is 27.2 Å². The molecule has 1 unspecified atom stereocenters. The van der Waals surface area contributed by atoms with Crippen molar-refractivity contribution >= 4 is 29.5 Å². The van der Waals surface area contributed by atoms with Crippen molar-refractivity contribution < 1.29 is 14.0 Å². The lowest BCUT2D eigenvalue weighted by atomic mass is 9.87. The van der Waals surface area contributed by atoms with Gasteiger partial charge in [0, 0.05) is 18.3 Å². The van der Waals surface area contributed by atoms with Crippen LogP contribution in [0.25, 0.3) is 6.08 Å². The first-order valence-corrected chi connectivity index (χ1v) is 9.95. The first-order valence-electron chi connectivity index (χ1n) is 9.95. The third-order valence-corrected chi connectivity index (χ3v) is 5.03. The largest absolute Gasteiger partial charge is 0.369 e. The highest BCUT2D eigenvalue weighted by atomic mass is 19.1. The van der Waals surface area contributed by atoms with Gasteiger partial charge in [-0.15, -0.1) is 0 Å². The minimum atomic E-state index is -1.18. The molecule has 0 fully saturated rings. The van der Waals surface area contributed by atoms with Crippen LogP contribution in [0.5, 0.6) is 0 Å². The molecule has 0 saturated carbocycles. The summed E-state index contributed by atoms with van der Waals surface area (Å²) in [5.74, 6) is -1.29. The van der Waals surface area contributed by atoms with Crippen LogP contribution in [0.2, 0.25) is 0 Å². The molecule has 3 N–H and O–H groups in total. The van der Waals surface area contributed by atoms with Gasteiger partial charge in [0.15, 0.2) is 5.96 Å². The third-order valence-electron chi connectivity index (χ3n) is 5.03. The number of nitrogens with one attached hydrogen (secondary N) is 1. The quantitative estimate of drug-likeness (QED) is 0.740. The number of amides is 2. The van der Waals surface area contributed by atoms with Crippen LogP contribution < -0.4 is 11.1 Å². The maximum absolute atomic E-state index is 14.6. The highest BCUT2D eigenvalue weighted by Crippen LogP contribution is 2.35. The zero-order valence-corrected chi connectivity index (χ0v) is 17.7. The van der Waals surface area contributed by atoms with E-state index in [-0.39, 0.29) is 29.5 Å². The summed E-state index contributed by atoms with van der Waals surface area (Å²) in [5.41, 5.74) is 5.94. The van der Waals surface area contributed by atoms with E-state index in [0.717, 1.165) is 12.8 Å². The molecule has 9 heteroatoms. The Morgan fingerprint density at radius 2 is 2.13 bits per heavy atom. The molecule has 31 heavy (non-hydrogen) atoms. The van der Waals surface area contributed by atoms with Gasteiger partial charge in [-0.3, -0.25) is 19.5 Å². The molecule has 162 valence electrons. The number of aromatic nitrogens is 2. The Bertz CT molecular complexity index is 1050. The molecular formula is C22H25FN6O2. The van der Waals surface area contributed by atoms with Crippen molar-refractivity contribution in [1.29, 1.82) is 0 Å². The molecular weight excluding hydrogens is 399 g/mol. The standard InChI is InChI=1S/C22H25FN6O2/c1-4-5-6-7-15-12-26-18(13-25-15)20(31)27-14-8-9-17(23)16(10-14)22(2)11-19(30)29(3)21(24)28-22/h6-10,12-13H,4-5,11H2,1-3H3,(H2,24,28)(H,27,31)/b7-6+. The summed E-state index contributed by atoms with van der Waals surface area (Å²) >= 11 is 0. The summed E-state index contributed by atoms with van der Waals surface area (Å²) in [6.07, 6.45) is 8.66. The maximum atomic E-state index is 14.6. The minimum Gasteiger partial charge on any atom is -0.369 e. The normalized spacial score (nSPS) is 18.9. The van der Waals surface area contributed by atoms with Gasteiger partial charge in [-0.05, 0) is 37.6 Å². The molecule has 2 heterocycles. The number of guanidine groups is 1. The van der Waals surface area contributed by atoms with E-state index >= 15 is 0 Å². The molecule has 8 nitrogen and oxygen atoms in total. The van der Waals surface area contributed by atoms with Crippen molar-refractivity contribution in [2.45, 2.75) is 38.6 Å². The van der Waals surface area contributed by atoms with Gasteiger partial charge in [0.2, 0.25) is 5.91 Å². The Balaban J connectivity index is 1.81. The highest BCUT2D eigenvalue weighted by molar-refractivity contribution is 6.03. The molecule has 3 rings (SSSR count). The summed E-state index contributed by atoms with van der Waals surface area (Å²) in [7, 11) is 1.51. The topological polar surface area (TPSA) is 114 Å². The Hall–Kier alpha value is -3.62. The van der Waals surface area contributed by atoms with Gasteiger partial charge < -0.3 is 11.1 Å². The predicted octanol–water partition coefficient (Wildman–Crippen LogP) is 3.07. The number of nitrogens with two attached hydrogens (primary N) is 1. The number of unbranched alkanes of at least 4 members (excludes halogenated alkanes) is 1. The number of allylic oxidation sites excluding steroid dienone is 1. The van der Waals surface area contributed by atoms with Gasteiger partial charge in [-0.25, -0.2) is 14.4 Å². The predicted molar refractivity (Wildman–Crippen MR) is 117 cm³/mol. The van der Waals surface area contributed by atoms with Crippen LogP contribution in [0, 0.1) is 5.82 Å². The Morgan fingerprint density at radius 3 is 2.77 bits per heavy atom. The summed E-state index contributed by atoms with van der Waals surface area (Å²) in [6, 6.07) is 4.11. The first-order chi connectivity index (χ1) is 14.7. The number of aliphatic imine (C=N–C) groups is 1. The zero-order valence-electron chi connectivity index (χ0n) is 17.7. The zero-order chi connectivity index (χ0) is 22.6. The lowest BCUT2D eigenvalue weighted by molar-refractivity contribution is -0.128. The SMILES string of the molecule is CCC/C=C/c1cnc(C(=O)Nc2ccc(F)c(C3(C)CC(=O)N(C)C(N)=N3)c2)cn1. The maximum Gasteiger partial charge on any atom is 0.275 e. The van der Waals surface area contributed by atoms with Gasteiger partial charge in [0.25, 0.3) is 5.91 Å². The summed E-state index contributed by atoms with van der Waals surface area (Å²) in [6.45, 7) is 3.71. The second-order valence-corrected chi connectivity index (χ2v) is 7.54. The number of rotatable bonds is 6. The number of anilines is 1. The monoisotopic (exact) mass is 424 g/mol. The van der Waals surface area contributed by atoms with Crippen molar-refractivity contribution in [2.24, 2.45) is 10.7 Å². The molecule has 0 saturated heterocycles. The Morgan fingerprint density at radius 1 is 1.35 bits per heavy atom. The van der Waals surface area contributed by atoms with Crippen LogP contribution in [-0.4, -0.2) is 39.7 Å². The fraction of sp³-hybridized carbons (Fsp3) is 0.318. The van der Waals surface area contributed by atoms with E-state index in [4.69, 9.17) is 5.73 Å². The van der Waals surface area contributed by atoms with Gasteiger partial charge >= 0.3 is 0 Å². The van der Waals surface area contributed by atoms with Crippen molar-refractivity contribution in [1.82, 2.24) is 14.9 Å². The highest BCUT2D eigenvalue weighted by Gasteiger charge is 2.38. The number of halogens is 1. The number of carbonyl (C=O) groups excluding carboxylic acids is 2. The van der Waals surface area contributed by atoms with Crippen molar-refractivity contribution in [3.8, 4) is 0 Å². The molecule has 2 aromatic rings. The van der Waals surface area contributed by atoms with Crippen LogP contribution in [0.4, 0.5) is 10.1 Å². The lowest BCUT2D eigenvalue weighted by Gasteiger charge is -2.34. The van der Waals surface area contributed by atoms with Gasteiger partial charge in [0.05, 0.1) is 30.0 Å². The van der Waals surface area contributed by atoms with Crippen LogP contribution >= 0.6 is 0 Å². The first kappa shape index (κ1) is 22.1.